The molecule has 1 fully saturated rings. The summed E-state index contributed by atoms with van der Waals surface area (Å²) in [5.41, 5.74) is 1.30. The van der Waals surface area contributed by atoms with Crippen molar-refractivity contribution in [1.82, 2.24) is 0 Å². The van der Waals surface area contributed by atoms with Crippen molar-refractivity contribution < 1.29 is 46.4 Å². The standard InChI is InChI=1S/C24H25F3O7/c1-15(28)32-19-20(30-13-17-9-5-3-6-10-17)22(24(25,26)27)34-23(33-16(2)29)21(19)31-14-18-11-7-4-8-12-18/h3-12,19-23H,13-14H2,1-2H3/t19-,20+,21+,22-,23-/m1/s1. The summed E-state index contributed by atoms with van der Waals surface area (Å²) < 4.78 is 68.8. The predicted octanol–water partition coefficient (Wildman–Crippen LogP) is 3.94. The molecule has 0 N–H and O–H groups in total. The molecule has 1 aliphatic rings. The van der Waals surface area contributed by atoms with Crippen LogP contribution in [0.5, 0.6) is 0 Å². The van der Waals surface area contributed by atoms with Gasteiger partial charge in [-0.15, -0.1) is 0 Å². The minimum atomic E-state index is -4.91. The third-order valence-corrected chi connectivity index (χ3v) is 4.97. The van der Waals surface area contributed by atoms with E-state index >= 15 is 0 Å². The zero-order valence-corrected chi connectivity index (χ0v) is 18.6. The zero-order chi connectivity index (χ0) is 24.7. The maximum absolute atomic E-state index is 14.0. The molecule has 34 heavy (non-hydrogen) atoms. The lowest BCUT2D eigenvalue weighted by Crippen LogP contribution is -2.64. The van der Waals surface area contributed by atoms with Crippen LogP contribution in [0.1, 0.15) is 25.0 Å². The van der Waals surface area contributed by atoms with Crippen molar-refractivity contribution in [2.24, 2.45) is 0 Å². The Bertz CT molecular complexity index is 937. The van der Waals surface area contributed by atoms with Crippen molar-refractivity contribution in [2.45, 2.75) is 63.9 Å². The Balaban J connectivity index is 1.94. The van der Waals surface area contributed by atoms with Gasteiger partial charge in [0.25, 0.3) is 0 Å². The highest BCUT2D eigenvalue weighted by molar-refractivity contribution is 5.67. The van der Waals surface area contributed by atoms with E-state index in [1.54, 1.807) is 60.7 Å². The maximum Gasteiger partial charge on any atom is 0.417 e. The van der Waals surface area contributed by atoms with Crippen LogP contribution < -0.4 is 0 Å². The Hall–Kier alpha value is -2.95. The number of halogens is 3. The Kier molecular flexibility index (Phi) is 8.65. The highest BCUT2D eigenvalue weighted by Crippen LogP contribution is 2.38. The third kappa shape index (κ3) is 7.02. The summed E-state index contributed by atoms with van der Waals surface area (Å²) in [4.78, 5) is 23.5. The van der Waals surface area contributed by atoms with Crippen LogP contribution in [0.2, 0.25) is 0 Å². The lowest BCUT2D eigenvalue weighted by molar-refractivity contribution is -0.359. The first kappa shape index (κ1) is 25.7. The quantitative estimate of drug-likeness (QED) is 0.528. The summed E-state index contributed by atoms with van der Waals surface area (Å²) in [5.74, 6) is -1.74. The Morgan fingerprint density at radius 3 is 1.68 bits per heavy atom. The molecule has 10 heteroatoms. The molecule has 1 heterocycles. The molecule has 7 nitrogen and oxygen atoms in total. The van der Waals surface area contributed by atoms with Gasteiger partial charge < -0.3 is 23.7 Å². The van der Waals surface area contributed by atoms with Gasteiger partial charge in [-0.05, 0) is 11.1 Å². The maximum atomic E-state index is 14.0. The van der Waals surface area contributed by atoms with E-state index in [1.807, 2.05) is 0 Å². The van der Waals surface area contributed by atoms with Gasteiger partial charge in [0.1, 0.15) is 6.10 Å². The van der Waals surface area contributed by atoms with Gasteiger partial charge in [0.05, 0.1) is 13.2 Å². The van der Waals surface area contributed by atoms with E-state index in [0.29, 0.717) is 11.1 Å². The monoisotopic (exact) mass is 482 g/mol. The molecule has 0 aromatic heterocycles. The topological polar surface area (TPSA) is 80.3 Å². The molecule has 0 unspecified atom stereocenters. The molecule has 0 spiro atoms. The van der Waals surface area contributed by atoms with Gasteiger partial charge in [-0.2, -0.15) is 13.2 Å². The van der Waals surface area contributed by atoms with Gasteiger partial charge in [0, 0.05) is 13.8 Å². The summed E-state index contributed by atoms with van der Waals surface area (Å²) >= 11 is 0. The lowest BCUT2D eigenvalue weighted by atomic mass is 9.97. The van der Waals surface area contributed by atoms with Gasteiger partial charge >= 0.3 is 18.1 Å². The van der Waals surface area contributed by atoms with Gasteiger partial charge in [0.2, 0.25) is 6.29 Å². The van der Waals surface area contributed by atoms with Crippen LogP contribution in [0, 0.1) is 0 Å². The van der Waals surface area contributed by atoms with Crippen molar-refractivity contribution >= 4 is 11.9 Å². The first-order chi connectivity index (χ1) is 16.1. The lowest BCUT2D eigenvalue weighted by Gasteiger charge is -2.45. The smallest absolute Gasteiger partial charge is 0.417 e. The van der Waals surface area contributed by atoms with Crippen LogP contribution in [-0.4, -0.2) is 48.8 Å². The predicted molar refractivity (Wildman–Crippen MR) is 112 cm³/mol. The Morgan fingerprint density at radius 2 is 1.24 bits per heavy atom. The summed E-state index contributed by atoms with van der Waals surface area (Å²) in [5, 5.41) is 0. The zero-order valence-electron chi connectivity index (χ0n) is 18.6. The number of alkyl halides is 3. The molecule has 2 aromatic carbocycles. The molecule has 5 atom stereocenters. The van der Waals surface area contributed by atoms with Crippen molar-refractivity contribution in [3.05, 3.63) is 71.8 Å². The molecule has 184 valence electrons. The first-order valence-corrected chi connectivity index (χ1v) is 10.5. The van der Waals surface area contributed by atoms with E-state index in [0.717, 1.165) is 13.8 Å². The van der Waals surface area contributed by atoms with Crippen LogP contribution >= 0.6 is 0 Å². The van der Waals surface area contributed by atoms with Crippen LogP contribution in [0.4, 0.5) is 13.2 Å². The summed E-state index contributed by atoms with van der Waals surface area (Å²) in [6.45, 7) is 1.82. The highest BCUT2D eigenvalue weighted by Gasteiger charge is 2.59. The fraction of sp³-hybridized carbons (Fsp3) is 0.417. The molecular formula is C24H25F3O7. The fourth-order valence-electron chi connectivity index (χ4n) is 3.55. The SMILES string of the molecule is CC(=O)O[C@@H]1O[C@@H](C(F)(F)F)[C@@H](OCc2ccccc2)[C@@H](OC(C)=O)[C@@H]1OCc1ccccc1. The largest absolute Gasteiger partial charge is 0.457 e. The summed E-state index contributed by atoms with van der Waals surface area (Å²) in [7, 11) is 0. The van der Waals surface area contributed by atoms with Gasteiger partial charge in [-0.3, -0.25) is 9.59 Å². The molecule has 0 radical (unpaired) electrons. The number of hydrogen-bond acceptors (Lipinski definition) is 7. The van der Waals surface area contributed by atoms with Crippen LogP contribution in [0.25, 0.3) is 0 Å². The van der Waals surface area contributed by atoms with Gasteiger partial charge in [-0.25, -0.2) is 0 Å². The average molecular weight is 482 g/mol. The minimum Gasteiger partial charge on any atom is -0.457 e. The highest BCUT2D eigenvalue weighted by atomic mass is 19.4. The van der Waals surface area contributed by atoms with Crippen LogP contribution in [-0.2, 0) is 46.5 Å². The van der Waals surface area contributed by atoms with Crippen molar-refractivity contribution in [1.29, 1.82) is 0 Å². The van der Waals surface area contributed by atoms with Gasteiger partial charge in [0.15, 0.2) is 18.3 Å². The summed E-state index contributed by atoms with van der Waals surface area (Å²) in [6.07, 6.45) is -14.0. The van der Waals surface area contributed by atoms with Crippen LogP contribution in [0.3, 0.4) is 0 Å². The van der Waals surface area contributed by atoms with E-state index < -0.39 is 48.8 Å². The van der Waals surface area contributed by atoms with Gasteiger partial charge in [-0.1, -0.05) is 60.7 Å². The fourth-order valence-corrected chi connectivity index (χ4v) is 3.55. The number of ether oxygens (including phenoxy) is 5. The van der Waals surface area contributed by atoms with Crippen molar-refractivity contribution in [3.8, 4) is 0 Å². The molecular weight excluding hydrogens is 457 g/mol. The number of benzene rings is 2. The number of hydrogen-bond donors (Lipinski definition) is 0. The second-order valence-corrected chi connectivity index (χ2v) is 7.67. The molecule has 2 aromatic rings. The first-order valence-electron chi connectivity index (χ1n) is 10.5. The minimum absolute atomic E-state index is 0.0630. The number of carbonyl (C=O) groups excluding carboxylic acids is 2. The van der Waals surface area contributed by atoms with E-state index in [1.165, 1.54) is 0 Å². The van der Waals surface area contributed by atoms with E-state index in [-0.39, 0.29) is 13.2 Å². The molecule has 0 bridgehead atoms. The number of rotatable bonds is 8. The molecule has 3 rings (SSSR count). The molecule has 0 amide bonds. The summed E-state index contributed by atoms with van der Waals surface area (Å²) in [6, 6.07) is 17.3. The van der Waals surface area contributed by atoms with E-state index in [9.17, 15) is 22.8 Å². The second kappa shape index (κ2) is 11.5. The third-order valence-electron chi connectivity index (χ3n) is 4.97. The molecule has 0 saturated carbocycles. The second-order valence-electron chi connectivity index (χ2n) is 7.67. The van der Waals surface area contributed by atoms with E-state index in [4.69, 9.17) is 23.7 Å². The Morgan fingerprint density at radius 1 is 0.765 bits per heavy atom. The number of esters is 2. The van der Waals surface area contributed by atoms with Crippen LogP contribution in [0.15, 0.2) is 60.7 Å². The average Bonchev–Trinajstić information content (AvgIpc) is 2.77. The van der Waals surface area contributed by atoms with E-state index in [2.05, 4.69) is 0 Å². The number of carbonyl (C=O) groups is 2. The van der Waals surface area contributed by atoms with Crippen molar-refractivity contribution in [3.63, 3.8) is 0 Å². The molecule has 0 aliphatic carbocycles. The molecule has 1 aliphatic heterocycles. The normalized spacial score (nSPS) is 24.9. The molecule has 1 saturated heterocycles. The van der Waals surface area contributed by atoms with Crippen molar-refractivity contribution in [2.75, 3.05) is 0 Å². The Labute approximate surface area is 194 Å².